The summed E-state index contributed by atoms with van der Waals surface area (Å²) in [6.45, 7) is 11.6. The lowest BCUT2D eigenvalue weighted by Crippen LogP contribution is -2.40. The molecular weight excluding hydrogens is 310 g/mol. The minimum Gasteiger partial charge on any atom is -0.382 e. The molecule has 0 spiro atoms. The van der Waals surface area contributed by atoms with Gasteiger partial charge in [0, 0.05) is 16.2 Å². The van der Waals surface area contributed by atoms with E-state index in [0.717, 1.165) is 5.92 Å². The van der Waals surface area contributed by atoms with E-state index in [9.17, 15) is 0 Å². The molecule has 1 N–H and O–H groups in total. The summed E-state index contributed by atoms with van der Waals surface area (Å²) in [5.41, 5.74) is 4.41. The topological polar surface area (TPSA) is 12.0 Å². The molecular formula is C18H28BrN. The first-order chi connectivity index (χ1) is 9.29. The molecule has 1 saturated carbocycles. The lowest BCUT2D eigenvalue weighted by atomic mass is 9.69. The molecule has 0 bridgehead atoms. The Balaban J connectivity index is 2.23. The van der Waals surface area contributed by atoms with Gasteiger partial charge in [0.15, 0.2) is 0 Å². The molecule has 2 heteroatoms. The summed E-state index contributed by atoms with van der Waals surface area (Å²) in [4.78, 5) is 0. The maximum Gasteiger partial charge on any atom is 0.0402 e. The summed E-state index contributed by atoms with van der Waals surface area (Å²) in [7, 11) is 0. The van der Waals surface area contributed by atoms with E-state index in [1.165, 1.54) is 47.0 Å². The van der Waals surface area contributed by atoms with Crippen molar-refractivity contribution in [3.63, 3.8) is 0 Å². The highest BCUT2D eigenvalue weighted by molar-refractivity contribution is 9.10. The Morgan fingerprint density at radius 3 is 2.15 bits per heavy atom. The number of benzene rings is 1. The Hall–Kier alpha value is -0.500. The Morgan fingerprint density at radius 2 is 1.60 bits per heavy atom. The summed E-state index contributed by atoms with van der Waals surface area (Å²) in [5, 5.41) is 3.88. The Kier molecular flexibility index (Phi) is 4.84. The molecule has 1 nitrogen and oxygen atoms in total. The van der Waals surface area contributed by atoms with Crippen LogP contribution in [0.15, 0.2) is 16.6 Å². The fraction of sp³-hybridized carbons (Fsp3) is 0.667. The van der Waals surface area contributed by atoms with Crippen molar-refractivity contribution in [3.05, 3.63) is 27.7 Å². The van der Waals surface area contributed by atoms with E-state index in [0.29, 0.717) is 11.5 Å². The second-order valence-electron chi connectivity index (χ2n) is 7.42. The van der Waals surface area contributed by atoms with E-state index in [1.54, 1.807) is 0 Å². The van der Waals surface area contributed by atoms with Gasteiger partial charge in [-0.1, -0.05) is 49.5 Å². The van der Waals surface area contributed by atoms with Gasteiger partial charge in [0.1, 0.15) is 0 Å². The number of rotatable bonds is 2. The molecule has 0 radical (unpaired) electrons. The number of hydrogen-bond donors (Lipinski definition) is 1. The summed E-state index contributed by atoms with van der Waals surface area (Å²) < 4.78 is 1.18. The normalized spacial score (nSPS) is 23.7. The molecule has 1 fully saturated rings. The molecule has 0 aliphatic heterocycles. The van der Waals surface area contributed by atoms with Crippen LogP contribution in [0.5, 0.6) is 0 Å². The van der Waals surface area contributed by atoms with Crippen LogP contribution in [0.25, 0.3) is 0 Å². The van der Waals surface area contributed by atoms with Crippen molar-refractivity contribution < 1.29 is 0 Å². The molecule has 112 valence electrons. The second kappa shape index (κ2) is 6.09. The van der Waals surface area contributed by atoms with Crippen LogP contribution in [0, 0.1) is 25.2 Å². The Labute approximate surface area is 132 Å². The molecule has 0 heterocycles. The van der Waals surface area contributed by atoms with Crippen molar-refractivity contribution in [2.24, 2.45) is 11.3 Å². The standard InChI is InChI=1S/C18H28BrN/c1-12-10-14(19)11-13(2)17(12)20-16-9-7-6-8-15(16)18(3,4)5/h10-11,15-16,20H,6-9H2,1-5H3. The predicted molar refractivity (Wildman–Crippen MR) is 92.4 cm³/mol. The lowest BCUT2D eigenvalue weighted by Gasteiger charge is -2.41. The van der Waals surface area contributed by atoms with Gasteiger partial charge in [-0.3, -0.25) is 0 Å². The Morgan fingerprint density at radius 1 is 1.05 bits per heavy atom. The third kappa shape index (κ3) is 3.58. The molecule has 1 aromatic carbocycles. The number of aryl methyl sites for hydroxylation is 2. The molecule has 2 unspecified atom stereocenters. The zero-order chi connectivity index (χ0) is 14.9. The van der Waals surface area contributed by atoms with E-state index in [2.05, 4.69) is 68.0 Å². The van der Waals surface area contributed by atoms with Crippen molar-refractivity contribution in [2.75, 3.05) is 5.32 Å². The first-order valence-corrected chi connectivity index (χ1v) is 8.61. The molecule has 2 atom stereocenters. The van der Waals surface area contributed by atoms with E-state index in [1.807, 2.05) is 0 Å². The van der Waals surface area contributed by atoms with Crippen LogP contribution >= 0.6 is 15.9 Å². The van der Waals surface area contributed by atoms with Crippen molar-refractivity contribution in [2.45, 2.75) is 66.3 Å². The number of nitrogens with one attached hydrogen (secondary N) is 1. The molecule has 1 aromatic rings. The first-order valence-electron chi connectivity index (χ1n) is 7.82. The number of halogens is 1. The molecule has 20 heavy (non-hydrogen) atoms. The molecule has 1 aliphatic rings. The van der Waals surface area contributed by atoms with Crippen LogP contribution in [0.1, 0.15) is 57.6 Å². The molecule has 1 aliphatic carbocycles. The van der Waals surface area contributed by atoms with Crippen LogP contribution in [0.4, 0.5) is 5.69 Å². The van der Waals surface area contributed by atoms with Gasteiger partial charge in [-0.25, -0.2) is 0 Å². The highest BCUT2D eigenvalue weighted by Gasteiger charge is 2.34. The van der Waals surface area contributed by atoms with Crippen molar-refractivity contribution in [3.8, 4) is 0 Å². The fourth-order valence-electron chi connectivity index (χ4n) is 3.66. The van der Waals surface area contributed by atoms with Gasteiger partial charge in [0.25, 0.3) is 0 Å². The second-order valence-corrected chi connectivity index (χ2v) is 8.34. The largest absolute Gasteiger partial charge is 0.382 e. The van der Waals surface area contributed by atoms with Crippen molar-refractivity contribution >= 4 is 21.6 Å². The van der Waals surface area contributed by atoms with Gasteiger partial charge in [-0.2, -0.15) is 0 Å². The van der Waals surface area contributed by atoms with Gasteiger partial charge in [-0.15, -0.1) is 0 Å². The molecule has 0 aromatic heterocycles. The maximum absolute atomic E-state index is 3.88. The molecule has 2 rings (SSSR count). The summed E-state index contributed by atoms with van der Waals surface area (Å²) in [6, 6.07) is 5.04. The van der Waals surface area contributed by atoms with Crippen molar-refractivity contribution in [1.29, 1.82) is 0 Å². The molecule has 0 amide bonds. The van der Waals surface area contributed by atoms with Gasteiger partial charge >= 0.3 is 0 Å². The van der Waals surface area contributed by atoms with Crippen LogP contribution in [0.2, 0.25) is 0 Å². The third-order valence-electron chi connectivity index (χ3n) is 4.71. The summed E-state index contributed by atoms with van der Waals surface area (Å²) in [5.74, 6) is 0.763. The highest BCUT2D eigenvalue weighted by Crippen LogP contribution is 2.40. The Bertz CT molecular complexity index is 450. The van der Waals surface area contributed by atoms with E-state index in [-0.39, 0.29) is 0 Å². The zero-order valence-corrected chi connectivity index (χ0v) is 15.1. The van der Waals surface area contributed by atoms with Crippen LogP contribution in [0.3, 0.4) is 0 Å². The average Bonchev–Trinajstić information content (AvgIpc) is 2.33. The van der Waals surface area contributed by atoms with Gasteiger partial charge in [0.2, 0.25) is 0 Å². The number of hydrogen-bond acceptors (Lipinski definition) is 1. The summed E-state index contributed by atoms with van der Waals surface area (Å²) >= 11 is 3.59. The van der Waals surface area contributed by atoms with E-state index in [4.69, 9.17) is 0 Å². The minimum absolute atomic E-state index is 0.384. The van der Waals surface area contributed by atoms with E-state index >= 15 is 0 Å². The maximum atomic E-state index is 3.88. The summed E-state index contributed by atoms with van der Waals surface area (Å²) in [6.07, 6.45) is 5.41. The van der Waals surface area contributed by atoms with Gasteiger partial charge in [-0.05, 0) is 61.3 Å². The SMILES string of the molecule is Cc1cc(Br)cc(C)c1NC1CCCCC1C(C)(C)C. The average molecular weight is 338 g/mol. The minimum atomic E-state index is 0.384. The molecule has 0 saturated heterocycles. The first kappa shape index (κ1) is 15.9. The smallest absolute Gasteiger partial charge is 0.0402 e. The third-order valence-corrected chi connectivity index (χ3v) is 5.16. The monoisotopic (exact) mass is 337 g/mol. The quantitative estimate of drug-likeness (QED) is 0.689. The number of anilines is 1. The van der Waals surface area contributed by atoms with Crippen LogP contribution < -0.4 is 5.32 Å². The fourth-order valence-corrected chi connectivity index (χ4v) is 4.35. The van der Waals surface area contributed by atoms with Gasteiger partial charge in [0.05, 0.1) is 0 Å². The van der Waals surface area contributed by atoms with Gasteiger partial charge < -0.3 is 5.32 Å². The van der Waals surface area contributed by atoms with E-state index < -0.39 is 0 Å². The van der Waals surface area contributed by atoms with Crippen molar-refractivity contribution in [1.82, 2.24) is 0 Å². The van der Waals surface area contributed by atoms with Crippen LogP contribution in [-0.4, -0.2) is 6.04 Å². The highest BCUT2D eigenvalue weighted by atomic mass is 79.9. The zero-order valence-electron chi connectivity index (χ0n) is 13.5. The van der Waals surface area contributed by atoms with Crippen LogP contribution in [-0.2, 0) is 0 Å². The lowest BCUT2D eigenvalue weighted by molar-refractivity contribution is 0.163. The predicted octanol–water partition coefficient (Wildman–Crippen LogP) is 6.08.